The van der Waals surface area contributed by atoms with Crippen LogP contribution in [0.5, 0.6) is 0 Å². The molecule has 2 aromatic rings. The van der Waals surface area contributed by atoms with Crippen LogP contribution in [-0.4, -0.2) is 27.4 Å². The summed E-state index contributed by atoms with van der Waals surface area (Å²) in [6, 6.07) is 4.60. The molecular formula is C11H9F3N4O. The van der Waals surface area contributed by atoms with Crippen molar-refractivity contribution >= 4 is 12.2 Å². The number of carbonyl (C=O) groups excluding carboxylic acids is 1. The molecule has 0 atom stereocenters. The first-order valence-corrected chi connectivity index (χ1v) is 5.25. The fourth-order valence-electron chi connectivity index (χ4n) is 1.55. The van der Waals surface area contributed by atoms with Gasteiger partial charge in [-0.3, -0.25) is 9.78 Å². The maximum absolute atomic E-state index is 12.4. The van der Waals surface area contributed by atoms with Crippen molar-refractivity contribution < 1.29 is 18.0 Å². The van der Waals surface area contributed by atoms with Crippen molar-refractivity contribution in [2.24, 2.45) is 0 Å². The second-order valence-electron chi connectivity index (χ2n) is 3.69. The number of alkyl halides is 3. The van der Waals surface area contributed by atoms with Crippen molar-refractivity contribution in [3.05, 3.63) is 30.6 Å². The minimum absolute atomic E-state index is 0.0147. The highest BCUT2D eigenvalue weighted by Crippen LogP contribution is 2.25. The highest BCUT2D eigenvalue weighted by Gasteiger charge is 2.30. The second kappa shape index (κ2) is 5.09. The van der Waals surface area contributed by atoms with Crippen LogP contribution in [0.1, 0.15) is 0 Å². The van der Waals surface area contributed by atoms with Gasteiger partial charge in [0.1, 0.15) is 12.4 Å². The summed E-state index contributed by atoms with van der Waals surface area (Å²) in [6.45, 7) is -1.27. The molecule has 100 valence electrons. The third-order valence-corrected chi connectivity index (χ3v) is 2.29. The predicted octanol–water partition coefficient (Wildman–Crippen LogP) is 2.08. The molecule has 0 aromatic carbocycles. The van der Waals surface area contributed by atoms with E-state index in [1.54, 1.807) is 12.1 Å². The molecule has 0 unspecified atom stereocenters. The number of aromatic nitrogens is 3. The van der Waals surface area contributed by atoms with E-state index >= 15 is 0 Å². The molecule has 1 amide bonds. The largest absolute Gasteiger partial charge is 0.408 e. The molecule has 5 nitrogen and oxygen atoms in total. The summed E-state index contributed by atoms with van der Waals surface area (Å²) >= 11 is 0. The molecule has 2 heterocycles. The summed E-state index contributed by atoms with van der Waals surface area (Å²) in [5, 5.41) is 6.03. The molecule has 0 radical (unpaired) electrons. The zero-order chi connectivity index (χ0) is 13.9. The smallest absolute Gasteiger partial charge is 0.314 e. The van der Waals surface area contributed by atoms with E-state index in [9.17, 15) is 18.0 Å². The zero-order valence-electron chi connectivity index (χ0n) is 9.55. The number of anilines is 1. The highest BCUT2D eigenvalue weighted by atomic mass is 19.4. The van der Waals surface area contributed by atoms with Crippen LogP contribution in [0.2, 0.25) is 0 Å². The van der Waals surface area contributed by atoms with Gasteiger partial charge in [0, 0.05) is 24.0 Å². The van der Waals surface area contributed by atoms with Gasteiger partial charge in [-0.15, -0.1) is 0 Å². The summed E-state index contributed by atoms with van der Waals surface area (Å²) in [4.78, 5) is 14.2. The van der Waals surface area contributed by atoms with E-state index in [-0.39, 0.29) is 5.82 Å². The SMILES string of the molecule is O=CNc1cc(-c2ccncc2)nn1CC(F)(F)F. The third kappa shape index (κ3) is 3.30. The van der Waals surface area contributed by atoms with Gasteiger partial charge in [0.15, 0.2) is 0 Å². The van der Waals surface area contributed by atoms with E-state index in [1.165, 1.54) is 18.5 Å². The Bertz CT molecular complexity index is 565. The molecule has 0 aliphatic carbocycles. The lowest BCUT2D eigenvalue weighted by molar-refractivity contribution is -0.142. The second-order valence-corrected chi connectivity index (χ2v) is 3.69. The maximum atomic E-state index is 12.4. The van der Waals surface area contributed by atoms with Gasteiger partial charge in [0.05, 0.1) is 5.69 Å². The summed E-state index contributed by atoms with van der Waals surface area (Å²) < 4.78 is 37.9. The normalized spacial score (nSPS) is 11.3. The Kier molecular flexibility index (Phi) is 3.50. The van der Waals surface area contributed by atoms with Crippen molar-refractivity contribution in [1.29, 1.82) is 0 Å². The number of amides is 1. The lowest BCUT2D eigenvalue weighted by Gasteiger charge is -2.08. The number of nitrogens with one attached hydrogen (secondary N) is 1. The van der Waals surface area contributed by atoms with Crippen LogP contribution in [0.4, 0.5) is 19.0 Å². The van der Waals surface area contributed by atoms with E-state index in [0.717, 1.165) is 0 Å². The zero-order valence-corrected chi connectivity index (χ0v) is 9.55. The third-order valence-electron chi connectivity index (χ3n) is 2.29. The quantitative estimate of drug-likeness (QED) is 0.865. The monoisotopic (exact) mass is 270 g/mol. The van der Waals surface area contributed by atoms with Crippen molar-refractivity contribution in [3.63, 3.8) is 0 Å². The number of pyridine rings is 1. The standard InChI is InChI=1S/C11H9F3N4O/c12-11(13,14)6-18-10(16-7-19)5-9(17-18)8-1-3-15-4-2-8/h1-5,7H,6H2,(H,16,19). The maximum Gasteiger partial charge on any atom is 0.408 e. The van der Waals surface area contributed by atoms with Crippen LogP contribution in [0.25, 0.3) is 11.3 Å². The van der Waals surface area contributed by atoms with Crippen LogP contribution in [0, 0.1) is 0 Å². The number of halogens is 3. The van der Waals surface area contributed by atoms with E-state index in [2.05, 4.69) is 15.4 Å². The summed E-state index contributed by atoms with van der Waals surface area (Å²) in [7, 11) is 0. The van der Waals surface area contributed by atoms with E-state index < -0.39 is 12.7 Å². The van der Waals surface area contributed by atoms with Crippen LogP contribution in [0.3, 0.4) is 0 Å². The summed E-state index contributed by atoms with van der Waals surface area (Å²) in [6.07, 6.45) is -1.10. The summed E-state index contributed by atoms with van der Waals surface area (Å²) in [5.74, 6) is -0.0147. The van der Waals surface area contributed by atoms with Crippen molar-refractivity contribution in [1.82, 2.24) is 14.8 Å². The lowest BCUT2D eigenvalue weighted by atomic mass is 10.2. The molecule has 0 saturated carbocycles. The Morgan fingerprint density at radius 3 is 2.58 bits per heavy atom. The number of hydrogen-bond acceptors (Lipinski definition) is 3. The average molecular weight is 270 g/mol. The molecular weight excluding hydrogens is 261 g/mol. The highest BCUT2D eigenvalue weighted by molar-refractivity contribution is 5.72. The minimum atomic E-state index is -4.42. The lowest BCUT2D eigenvalue weighted by Crippen LogP contribution is -2.20. The number of hydrogen-bond donors (Lipinski definition) is 1. The van der Waals surface area contributed by atoms with Gasteiger partial charge < -0.3 is 5.32 Å². The Morgan fingerprint density at radius 2 is 2.00 bits per heavy atom. The number of rotatable bonds is 4. The molecule has 0 saturated heterocycles. The van der Waals surface area contributed by atoms with Crippen LogP contribution in [0.15, 0.2) is 30.6 Å². The Morgan fingerprint density at radius 1 is 1.32 bits per heavy atom. The summed E-state index contributed by atoms with van der Waals surface area (Å²) in [5.41, 5.74) is 0.945. The molecule has 1 N–H and O–H groups in total. The van der Waals surface area contributed by atoms with E-state index in [1.807, 2.05) is 0 Å². The Balaban J connectivity index is 2.37. The van der Waals surface area contributed by atoms with Gasteiger partial charge in [-0.05, 0) is 12.1 Å². The van der Waals surface area contributed by atoms with Gasteiger partial charge >= 0.3 is 6.18 Å². The van der Waals surface area contributed by atoms with Crippen LogP contribution in [-0.2, 0) is 11.3 Å². The van der Waals surface area contributed by atoms with Gasteiger partial charge in [0.2, 0.25) is 6.41 Å². The van der Waals surface area contributed by atoms with Gasteiger partial charge in [-0.2, -0.15) is 18.3 Å². The van der Waals surface area contributed by atoms with Crippen molar-refractivity contribution in [2.45, 2.75) is 12.7 Å². The van der Waals surface area contributed by atoms with Gasteiger partial charge in [0.25, 0.3) is 0 Å². The molecule has 2 rings (SSSR count). The fourth-order valence-corrected chi connectivity index (χ4v) is 1.55. The predicted molar refractivity (Wildman–Crippen MR) is 61.2 cm³/mol. The molecule has 0 aliphatic heterocycles. The Hall–Kier alpha value is -2.38. The molecule has 0 spiro atoms. The number of carbonyl (C=O) groups is 1. The first-order valence-electron chi connectivity index (χ1n) is 5.25. The molecule has 0 fully saturated rings. The topological polar surface area (TPSA) is 59.8 Å². The van der Waals surface area contributed by atoms with E-state index in [0.29, 0.717) is 22.3 Å². The van der Waals surface area contributed by atoms with Gasteiger partial charge in [-0.25, -0.2) is 4.68 Å². The first kappa shape index (κ1) is 13.1. The number of nitrogens with zero attached hydrogens (tertiary/aromatic N) is 3. The molecule has 19 heavy (non-hydrogen) atoms. The van der Waals surface area contributed by atoms with Crippen LogP contribution < -0.4 is 5.32 Å². The molecule has 0 bridgehead atoms. The van der Waals surface area contributed by atoms with Crippen molar-refractivity contribution in [2.75, 3.05) is 5.32 Å². The minimum Gasteiger partial charge on any atom is -0.314 e. The first-order chi connectivity index (χ1) is 8.99. The van der Waals surface area contributed by atoms with E-state index in [4.69, 9.17) is 0 Å². The average Bonchev–Trinajstić information content (AvgIpc) is 2.72. The fraction of sp³-hybridized carbons (Fsp3) is 0.182. The van der Waals surface area contributed by atoms with Crippen LogP contribution >= 0.6 is 0 Å². The molecule has 8 heteroatoms. The Labute approximate surface area is 106 Å². The van der Waals surface area contributed by atoms with Gasteiger partial charge in [-0.1, -0.05) is 0 Å². The molecule has 2 aromatic heterocycles. The van der Waals surface area contributed by atoms with Crippen molar-refractivity contribution in [3.8, 4) is 11.3 Å². The molecule has 0 aliphatic rings.